The van der Waals surface area contributed by atoms with Gasteiger partial charge in [0, 0.05) is 24.4 Å². The fourth-order valence-corrected chi connectivity index (χ4v) is 4.98. The van der Waals surface area contributed by atoms with Crippen LogP contribution in [0.1, 0.15) is 5.56 Å². The first-order valence-corrected chi connectivity index (χ1v) is 10.9. The number of nitrogen functional groups attached to an aromatic ring is 1. The van der Waals surface area contributed by atoms with E-state index in [2.05, 4.69) is 15.2 Å². The van der Waals surface area contributed by atoms with Crippen LogP contribution in [0, 0.1) is 5.82 Å². The molecule has 4 rings (SSSR count). The highest BCUT2D eigenvalue weighted by molar-refractivity contribution is 7.98. The number of halogens is 1. The molecule has 0 bridgehead atoms. The minimum absolute atomic E-state index is 0.225. The molecular formula is C20H20FN5O2S2. The van der Waals surface area contributed by atoms with Crippen LogP contribution >= 0.6 is 23.1 Å². The van der Waals surface area contributed by atoms with E-state index in [-0.39, 0.29) is 11.6 Å². The molecule has 0 amide bonds. The fraction of sp³-hybridized carbons (Fsp3) is 0.250. The number of nitrogens with two attached hydrogens (primary N) is 1. The van der Waals surface area contributed by atoms with Crippen LogP contribution in [0.2, 0.25) is 0 Å². The Labute approximate surface area is 181 Å². The number of hydrogen-bond acceptors (Lipinski definition) is 8. The number of fused-ring (bicyclic) bond motifs is 1. The van der Waals surface area contributed by atoms with E-state index >= 15 is 0 Å². The smallest absolute Gasteiger partial charge is 0.191 e. The molecule has 0 saturated carbocycles. The third-order valence-corrected chi connectivity index (χ3v) is 6.69. The molecule has 2 N–H and O–H groups in total. The normalized spacial score (nSPS) is 11.3. The predicted octanol–water partition coefficient (Wildman–Crippen LogP) is 4.22. The molecule has 0 aliphatic heterocycles. The van der Waals surface area contributed by atoms with Gasteiger partial charge < -0.3 is 15.2 Å². The van der Waals surface area contributed by atoms with Gasteiger partial charge in [-0.3, -0.25) is 4.57 Å². The molecule has 0 aliphatic rings. The summed E-state index contributed by atoms with van der Waals surface area (Å²) in [5, 5.41) is 10.4. The number of pyridine rings is 1. The number of hydrogen-bond donors (Lipinski definition) is 1. The van der Waals surface area contributed by atoms with Gasteiger partial charge in [0.2, 0.25) is 0 Å². The van der Waals surface area contributed by atoms with E-state index in [9.17, 15) is 4.39 Å². The Morgan fingerprint density at radius 2 is 2.10 bits per heavy atom. The van der Waals surface area contributed by atoms with Crippen LogP contribution in [0.5, 0.6) is 5.75 Å². The lowest BCUT2D eigenvalue weighted by atomic mass is 10.2. The number of thioether (sulfide) groups is 1. The van der Waals surface area contributed by atoms with Crippen molar-refractivity contribution in [1.82, 2.24) is 19.7 Å². The molecule has 7 nitrogen and oxygen atoms in total. The Balaban J connectivity index is 1.65. The van der Waals surface area contributed by atoms with E-state index in [4.69, 9.17) is 15.2 Å². The maximum absolute atomic E-state index is 14.0. The largest absolute Gasteiger partial charge is 0.494 e. The Morgan fingerprint density at radius 1 is 1.23 bits per heavy atom. The van der Waals surface area contributed by atoms with Crippen molar-refractivity contribution >= 4 is 39.0 Å². The second-order valence-electron chi connectivity index (χ2n) is 6.41. The van der Waals surface area contributed by atoms with E-state index in [1.54, 1.807) is 19.4 Å². The zero-order valence-electron chi connectivity index (χ0n) is 16.5. The van der Waals surface area contributed by atoms with Gasteiger partial charge in [0.25, 0.3) is 0 Å². The second-order valence-corrected chi connectivity index (χ2v) is 8.35. The van der Waals surface area contributed by atoms with Crippen LogP contribution in [0.4, 0.5) is 10.1 Å². The van der Waals surface area contributed by atoms with Crippen LogP contribution in [0.3, 0.4) is 0 Å². The summed E-state index contributed by atoms with van der Waals surface area (Å²) in [6.07, 6.45) is 1.74. The molecule has 1 aromatic carbocycles. The van der Waals surface area contributed by atoms with Gasteiger partial charge in [0.1, 0.15) is 4.83 Å². The molecule has 3 aromatic heterocycles. The highest BCUT2D eigenvalue weighted by atomic mass is 32.2. The van der Waals surface area contributed by atoms with Gasteiger partial charge in [0.15, 0.2) is 22.5 Å². The average Bonchev–Trinajstić information content (AvgIpc) is 3.31. The topological polar surface area (TPSA) is 88.1 Å². The molecule has 0 fully saturated rings. The first-order valence-electron chi connectivity index (χ1n) is 9.13. The monoisotopic (exact) mass is 445 g/mol. The molecule has 0 saturated heterocycles. The van der Waals surface area contributed by atoms with Crippen molar-refractivity contribution in [3.05, 3.63) is 47.9 Å². The Kier molecular flexibility index (Phi) is 6.16. The molecular weight excluding hydrogens is 425 g/mol. The number of benzene rings is 1. The summed E-state index contributed by atoms with van der Waals surface area (Å²) in [7, 11) is 3.09. The molecule has 0 spiro atoms. The number of thiophene rings is 1. The number of rotatable bonds is 8. The maximum Gasteiger partial charge on any atom is 0.191 e. The van der Waals surface area contributed by atoms with Crippen LogP contribution in [0.25, 0.3) is 20.9 Å². The summed E-state index contributed by atoms with van der Waals surface area (Å²) in [5.74, 6) is 1.05. The number of methoxy groups -OCH3 is 2. The number of nitrogens with zero attached hydrogens (tertiary/aromatic N) is 4. The number of anilines is 1. The van der Waals surface area contributed by atoms with Crippen molar-refractivity contribution in [3.8, 4) is 16.5 Å². The van der Waals surface area contributed by atoms with Gasteiger partial charge in [-0.25, -0.2) is 9.37 Å². The van der Waals surface area contributed by atoms with Gasteiger partial charge in [-0.15, -0.1) is 21.5 Å². The predicted molar refractivity (Wildman–Crippen MR) is 117 cm³/mol. The first kappa shape index (κ1) is 20.6. The third-order valence-electron chi connectivity index (χ3n) is 4.53. The molecule has 156 valence electrons. The minimum Gasteiger partial charge on any atom is -0.494 e. The Bertz CT molecular complexity index is 1180. The molecule has 4 aromatic rings. The molecule has 30 heavy (non-hydrogen) atoms. The van der Waals surface area contributed by atoms with Gasteiger partial charge >= 0.3 is 0 Å². The SMILES string of the molecule is COCCn1c(SCc2ccc(OC)c(F)c2)nnc1-c1sc2ncccc2c1N. The lowest BCUT2D eigenvalue weighted by Crippen LogP contribution is -2.07. The Morgan fingerprint density at radius 3 is 2.83 bits per heavy atom. The van der Waals surface area contributed by atoms with Crippen molar-refractivity contribution in [2.24, 2.45) is 0 Å². The van der Waals surface area contributed by atoms with E-state index in [1.807, 2.05) is 22.8 Å². The molecule has 0 atom stereocenters. The van der Waals surface area contributed by atoms with Crippen LogP contribution in [0.15, 0.2) is 41.7 Å². The average molecular weight is 446 g/mol. The molecule has 0 radical (unpaired) electrons. The van der Waals surface area contributed by atoms with Gasteiger partial charge in [0.05, 0.1) is 30.8 Å². The number of ether oxygens (including phenoxy) is 2. The van der Waals surface area contributed by atoms with Crippen molar-refractivity contribution < 1.29 is 13.9 Å². The summed E-state index contributed by atoms with van der Waals surface area (Å²) in [6, 6.07) is 8.73. The standard InChI is InChI=1S/C20H20FN5O2S2/c1-27-9-8-26-18(17-16(22)13-4-3-7-23-19(13)30-17)24-25-20(26)29-11-12-5-6-15(28-2)14(21)10-12/h3-7,10H,8-9,11,22H2,1-2H3. The summed E-state index contributed by atoms with van der Waals surface area (Å²) in [4.78, 5) is 6.07. The van der Waals surface area contributed by atoms with Crippen molar-refractivity contribution in [2.75, 3.05) is 26.6 Å². The van der Waals surface area contributed by atoms with E-state index in [1.165, 1.54) is 36.3 Å². The summed E-state index contributed by atoms with van der Waals surface area (Å²) < 4.78 is 26.2. The second kappa shape index (κ2) is 8.99. The zero-order valence-corrected chi connectivity index (χ0v) is 18.1. The minimum atomic E-state index is -0.386. The quantitative estimate of drug-likeness (QED) is 0.406. The zero-order chi connectivity index (χ0) is 21.1. The van der Waals surface area contributed by atoms with Crippen molar-refractivity contribution in [1.29, 1.82) is 0 Å². The highest BCUT2D eigenvalue weighted by Crippen LogP contribution is 2.40. The van der Waals surface area contributed by atoms with Gasteiger partial charge in [-0.05, 0) is 29.8 Å². The van der Waals surface area contributed by atoms with Crippen LogP contribution in [-0.2, 0) is 17.0 Å². The molecule has 0 unspecified atom stereocenters. The van der Waals surface area contributed by atoms with Crippen molar-refractivity contribution in [2.45, 2.75) is 17.5 Å². The Hall–Kier alpha value is -2.69. The lowest BCUT2D eigenvalue weighted by Gasteiger charge is -2.10. The molecule has 3 heterocycles. The van der Waals surface area contributed by atoms with Gasteiger partial charge in [-0.2, -0.15) is 0 Å². The van der Waals surface area contributed by atoms with Crippen LogP contribution in [-0.4, -0.2) is 40.6 Å². The first-order chi connectivity index (χ1) is 14.6. The van der Waals surface area contributed by atoms with E-state index < -0.39 is 0 Å². The number of aromatic nitrogens is 4. The fourth-order valence-electron chi connectivity index (χ4n) is 3.01. The molecule has 0 aliphatic carbocycles. The lowest BCUT2D eigenvalue weighted by molar-refractivity contribution is 0.185. The maximum atomic E-state index is 14.0. The molecule has 10 heteroatoms. The summed E-state index contributed by atoms with van der Waals surface area (Å²) >= 11 is 2.96. The summed E-state index contributed by atoms with van der Waals surface area (Å²) in [6.45, 7) is 1.07. The van der Waals surface area contributed by atoms with E-state index in [0.717, 1.165) is 20.7 Å². The van der Waals surface area contributed by atoms with Crippen LogP contribution < -0.4 is 10.5 Å². The van der Waals surface area contributed by atoms with Gasteiger partial charge in [-0.1, -0.05) is 17.8 Å². The van der Waals surface area contributed by atoms with E-state index in [0.29, 0.717) is 35.6 Å². The highest BCUT2D eigenvalue weighted by Gasteiger charge is 2.20. The summed E-state index contributed by atoms with van der Waals surface area (Å²) in [5.41, 5.74) is 7.85. The van der Waals surface area contributed by atoms with Crippen molar-refractivity contribution in [3.63, 3.8) is 0 Å². The third kappa shape index (κ3) is 3.98.